The van der Waals surface area contributed by atoms with Crippen molar-refractivity contribution in [2.24, 2.45) is 0 Å². The molecule has 0 heterocycles. The Hall–Kier alpha value is -0.273. The second-order valence-corrected chi connectivity index (χ2v) is 8.09. The van der Waals surface area contributed by atoms with Crippen molar-refractivity contribution in [2.45, 2.75) is 19.6 Å². The highest BCUT2D eigenvalue weighted by atomic mass is 127. The molecule has 0 unspecified atom stereocenters. The fraction of sp³-hybridized carbons (Fsp3) is 0.273. The molecule has 0 aliphatic heterocycles. The first-order valence-corrected chi connectivity index (χ1v) is 8.82. The van der Waals surface area contributed by atoms with Crippen molar-refractivity contribution >= 4 is 31.4 Å². The van der Waals surface area contributed by atoms with Gasteiger partial charge in [-0.15, -0.1) is 6.42 Å². The molecular formula is C11H15ISi. The minimum absolute atomic E-state index is 0.139. The van der Waals surface area contributed by atoms with E-state index >= 15 is 0 Å². The van der Waals surface area contributed by atoms with Crippen molar-refractivity contribution in [1.29, 1.82) is 0 Å². The lowest BCUT2D eigenvalue weighted by Gasteiger charge is -1.88. The van der Waals surface area contributed by atoms with Crippen LogP contribution < -0.4 is 0 Å². The van der Waals surface area contributed by atoms with Gasteiger partial charge in [0, 0.05) is 17.9 Å². The number of rotatable bonds is 0. The molecule has 70 valence electrons. The molecule has 0 amide bonds. The second-order valence-electron chi connectivity index (χ2n) is 3.38. The first kappa shape index (κ1) is 12.7. The van der Waals surface area contributed by atoms with Gasteiger partial charge in [0.05, 0.1) is 0 Å². The molecule has 0 aliphatic carbocycles. The summed E-state index contributed by atoms with van der Waals surface area (Å²) in [6.07, 6.45) is 5.15. The Balaban J connectivity index is 0.000000310. The third kappa shape index (κ3) is 8.07. The van der Waals surface area contributed by atoms with Crippen molar-refractivity contribution in [2.75, 3.05) is 0 Å². The van der Waals surface area contributed by atoms with Gasteiger partial charge in [0.25, 0.3) is 0 Å². The van der Waals surface area contributed by atoms with Gasteiger partial charge in [0.1, 0.15) is 0 Å². The zero-order valence-electron chi connectivity index (χ0n) is 8.34. The Bertz CT molecular complexity index is 266. The molecule has 0 fully saturated rings. The van der Waals surface area contributed by atoms with Gasteiger partial charge in [0.15, 0.2) is 0 Å². The van der Waals surface area contributed by atoms with Gasteiger partial charge < -0.3 is 0 Å². The number of hydrogen-bond donors (Lipinski definition) is 0. The maximum Gasteiger partial charge on any atom is 0.0274 e. The van der Waals surface area contributed by atoms with E-state index < -0.39 is 0 Å². The van der Waals surface area contributed by atoms with Gasteiger partial charge in [-0.3, -0.25) is 0 Å². The van der Waals surface area contributed by atoms with E-state index in [0.717, 1.165) is 5.56 Å². The molecule has 0 aliphatic rings. The van der Waals surface area contributed by atoms with Crippen molar-refractivity contribution in [1.82, 2.24) is 0 Å². The molecular weight excluding hydrogens is 287 g/mol. The van der Waals surface area contributed by atoms with Gasteiger partial charge >= 0.3 is 0 Å². The Morgan fingerprint density at radius 3 is 1.85 bits per heavy atom. The molecule has 1 aromatic rings. The summed E-state index contributed by atoms with van der Waals surface area (Å²) in [4.78, 5) is 0. The van der Waals surface area contributed by atoms with E-state index in [0.29, 0.717) is 0 Å². The molecule has 0 saturated carbocycles. The summed E-state index contributed by atoms with van der Waals surface area (Å²) in [5, 5.41) is 0. The quantitative estimate of drug-likeness (QED) is 0.391. The normalized spacial score (nSPS) is 8.62. The number of hydrogen-bond acceptors (Lipinski definition) is 0. The van der Waals surface area contributed by atoms with Gasteiger partial charge in [-0.1, -0.05) is 25.6 Å². The van der Waals surface area contributed by atoms with Crippen LogP contribution in [0.1, 0.15) is 5.56 Å². The van der Waals surface area contributed by atoms with Crippen LogP contribution in [0.2, 0.25) is 19.6 Å². The lowest BCUT2D eigenvalue weighted by Crippen LogP contribution is -1.84. The second kappa shape index (κ2) is 7.16. The van der Waals surface area contributed by atoms with Crippen molar-refractivity contribution < 1.29 is 0 Å². The van der Waals surface area contributed by atoms with Gasteiger partial charge in [-0.2, -0.15) is 0 Å². The maximum atomic E-state index is 5.15. The average Bonchev–Trinajstić information content (AvgIpc) is 2.05. The molecule has 2 heteroatoms. The SMILES string of the molecule is C#Cc1ccc(I)cc1.C[SiH](C)C. The van der Waals surface area contributed by atoms with E-state index in [9.17, 15) is 0 Å². The topological polar surface area (TPSA) is 0 Å². The minimum atomic E-state index is -0.139. The van der Waals surface area contributed by atoms with E-state index in [4.69, 9.17) is 6.42 Å². The molecule has 1 aromatic carbocycles. The summed E-state index contributed by atoms with van der Waals surface area (Å²) < 4.78 is 1.21. The highest BCUT2D eigenvalue weighted by Crippen LogP contribution is 2.04. The molecule has 0 aromatic heterocycles. The van der Waals surface area contributed by atoms with Crippen LogP contribution in [0.25, 0.3) is 0 Å². The lowest BCUT2D eigenvalue weighted by atomic mass is 10.2. The van der Waals surface area contributed by atoms with Crippen LogP contribution in [0.15, 0.2) is 24.3 Å². The number of terminal acetylenes is 1. The van der Waals surface area contributed by atoms with Crippen LogP contribution in [0.5, 0.6) is 0 Å². The third-order valence-electron chi connectivity index (χ3n) is 1.01. The molecule has 0 N–H and O–H groups in total. The fourth-order valence-electron chi connectivity index (χ4n) is 0.546. The first-order chi connectivity index (χ1) is 6.06. The first-order valence-electron chi connectivity index (χ1n) is 4.28. The van der Waals surface area contributed by atoms with E-state index in [1.54, 1.807) is 0 Å². The maximum absolute atomic E-state index is 5.15. The van der Waals surface area contributed by atoms with Gasteiger partial charge in [-0.25, -0.2) is 0 Å². The Morgan fingerprint density at radius 2 is 1.54 bits per heavy atom. The standard InChI is InChI=1S/C8H5I.C3H10Si/c1-2-7-3-5-8(9)6-4-7;1-4(2)3/h1,3-6H;4H,1-3H3. The number of benzene rings is 1. The highest BCUT2D eigenvalue weighted by molar-refractivity contribution is 14.1. The predicted molar refractivity (Wildman–Crippen MR) is 71.8 cm³/mol. The van der Waals surface area contributed by atoms with Gasteiger partial charge in [-0.05, 0) is 46.9 Å². The highest BCUT2D eigenvalue weighted by Gasteiger charge is 1.84. The third-order valence-corrected chi connectivity index (χ3v) is 1.73. The summed E-state index contributed by atoms with van der Waals surface area (Å²) in [7, 11) is -0.139. The largest absolute Gasteiger partial charge is 0.115 e. The Morgan fingerprint density at radius 1 is 1.15 bits per heavy atom. The molecule has 0 radical (unpaired) electrons. The van der Waals surface area contributed by atoms with Crippen LogP contribution >= 0.6 is 22.6 Å². The van der Waals surface area contributed by atoms with Crippen molar-refractivity contribution in [3.8, 4) is 12.3 Å². The van der Waals surface area contributed by atoms with Crippen molar-refractivity contribution in [3.63, 3.8) is 0 Å². The zero-order valence-corrected chi connectivity index (χ0v) is 11.7. The van der Waals surface area contributed by atoms with E-state index in [1.165, 1.54) is 3.57 Å². The summed E-state index contributed by atoms with van der Waals surface area (Å²) in [6, 6.07) is 7.86. The molecule has 0 bridgehead atoms. The minimum Gasteiger partial charge on any atom is -0.115 e. The lowest BCUT2D eigenvalue weighted by molar-refractivity contribution is 1.60. The Kier molecular flexibility index (Phi) is 7.01. The zero-order chi connectivity index (χ0) is 10.3. The molecule has 0 spiro atoms. The number of halogens is 1. The molecule has 0 saturated heterocycles. The summed E-state index contributed by atoms with van der Waals surface area (Å²) in [5.41, 5.74) is 0.940. The monoisotopic (exact) mass is 302 g/mol. The average molecular weight is 302 g/mol. The van der Waals surface area contributed by atoms with Crippen LogP contribution in [0, 0.1) is 15.9 Å². The summed E-state index contributed by atoms with van der Waals surface area (Å²) in [5.74, 6) is 2.55. The molecule has 0 atom stereocenters. The Labute approximate surface area is 96.5 Å². The molecule has 13 heavy (non-hydrogen) atoms. The van der Waals surface area contributed by atoms with Crippen molar-refractivity contribution in [3.05, 3.63) is 33.4 Å². The molecule has 0 nitrogen and oxygen atoms in total. The van der Waals surface area contributed by atoms with Gasteiger partial charge in [0.2, 0.25) is 0 Å². The van der Waals surface area contributed by atoms with E-state index in [1.807, 2.05) is 24.3 Å². The van der Waals surface area contributed by atoms with E-state index in [2.05, 4.69) is 48.2 Å². The molecule has 1 rings (SSSR count). The van der Waals surface area contributed by atoms with Crippen LogP contribution in [-0.4, -0.2) is 8.80 Å². The van der Waals surface area contributed by atoms with E-state index in [-0.39, 0.29) is 8.80 Å². The predicted octanol–water partition coefficient (Wildman–Crippen LogP) is 3.38. The fourth-order valence-corrected chi connectivity index (χ4v) is 0.906. The summed E-state index contributed by atoms with van der Waals surface area (Å²) >= 11 is 2.24. The summed E-state index contributed by atoms with van der Waals surface area (Å²) in [6.45, 7) is 6.92. The van der Waals surface area contributed by atoms with Crippen LogP contribution in [0.4, 0.5) is 0 Å². The van der Waals surface area contributed by atoms with Crippen LogP contribution in [-0.2, 0) is 0 Å². The van der Waals surface area contributed by atoms with Crippen LogP contribution in [0.3, 0.4) is 0 Å². The smallest absolute Gasteiger partial charge is 0.0274 e.